The Hall–Kier alpha value is -0.880. The van der Waals surface area contributed by atoms with Crippen LogP contribution < -0.4 is 0 Å². The van der Waals surface area contributed by atoms with Gasteiger partial charge in [0.05, 0.1) is 14.8 Å². The van der Waals surface area contributed by atoms with E-state index >= 15 is 0 Å². The molecule has 2 rings (SSSR count). The summed E-state index contributed by atoms with van der Waals surface area (Å²) in [5.41, 5.74) is -0.181. The van der Waals surface area contributed by atoms with Crippen LogP contribution in [0.1, 0.15) is 28.6 Å². The average Bonchev–Trinajstić information content (AvgIpc) is 2.82. The van der Waals surface area contributed by atoms with E-state index in [9.17, 15) is 9.59 Å². The summed E-state index contributed by atoms with van der Waals surface area (Å²) in [5, 5.41) is 9.16. The van der Waals surface area contributed by atoms with E-state index in [-0.39, 0.29) is 12.5 Å². The molecule has 1 unspecified atom stereocenters. The zero-order valence-corrected chi connectivity index (χ0v) is 12.6. The molecule has 4 nitrogen and oxygen atoms in total. The van der Waals surface area contributed by atoms with Gasteiger partial charge in [0.25, 0.3) is 5.91 Å². The first-order chi connectivity index (χ1) is 8.33. The van der Waals surface area contributed by atoms with Gasteiger partial charge in [-0.2, -0.15) is 0 Å². The van der Waals surface area contributed by atoms with Crippen molar-refractivity contribution in [1.29, 1.82) is 0 Å². The van der Waals surface area contributed by atoms with Crippen LogP contribution in [-0.2, 0) is 4.79 Å². The topological polar surface area (TPSA) is 57.6 Å². The highest BCUT2D eigenvalue weighted by atomic mass is 79.9. The number of halogens is 1. The van der Waals surface area contributed by atoms with Crippen LogP contribution in [0.15, 0.2) is 9.85 Å². The van der Waals surface area contributed by atoms with Crippen LogP contribution in [0, 0.1) is 12.3 Å². The van der Waals surface area contributed by atoms with E-state index < -0.39 is 11.4 Å². The van der Waals surface area contributed by atoms with Gasteiger partial charge in [0.15, 0.2) is 0 Å². The molecule has 1 amide bonds. The van der Waals surface area contributed by atoms with Crippen molar-refractivity contribution in [2.75, 3.05) is 13.1 Å². The lowest BCUT2D eigenvalue weighted by Crippen LogP contribution is -2.34. The van der Waals surface area contributed by atoms with Gasteiger partial charge >= 0.3 is 5.97 Å². The van der Waals surface area contributed by atoms with Crippen molar-refractivity contribution in [3.05, 3.63) is 20.3 Å². The van der Waals surface area contributed by atoms with E-state index in [2.05, 4.69) is 15.9 Å². The Kier molecular flexibility index (Phi) is 3.51. The molecule has 0 saturated carbocycles. The summed E-state index contributed by atoms with van der Waals surface area (Å²) in [5.74, 6) is -0.922. The number of amides is 1. The Morgan fingerprint density at radius 2 is 2.22 bits per heavy atom. The van der Waals surface area contributed by atoms with Gasteiger partial charge in [-0.05, 0) is 42.3 Å². The molecule has 0 aliphatic carbocycles. The SMILES string of the molecule is Cc1cc(C(=O)N2CCC(C)(C(=O)O)C2)c(Br)s1. The summed E-state index contributed by atoms with van der Waals surface area (Å²) < 4.78 is 0.814. The summed E-state index contributed by atoms with van der Waals surface area (Å²) in [7, 11) is 0. The lowest BCUT2D eigenvalue weighted by atomic mass is 9.90. The standard InChI is InChI=1S/C12H14BrNO3S/c1-7-5-8(9(13)18-7)10(15)14-4-3-12(2,6-14)11(16)17/h5H,3-4,6H2,1-2H3,(H,16,17). The lowest BCUT2D eigenvalue weighted by Gasteiger charge is -2.20. The Morgan fingerprint density at radius 1 is 1.56 bits per heavy atom. The number of thiophene rings is 1. The van der Waals surface area contributed by atoms with Gasteiger partial charge in [0.2, 0.25) is 0 Å². The number of aliphatic carboxylic acids is 1. The van der Waals surface area contributed by atoms with Crippen LogP contribution in [-0.4, -0.2) is 35.0 Å². The second kappa shape index (κ2) is 4.66. The van der Waals surface area contributed by atoms with Crippen LogP contribution in [0.25, 0.3) is 0 Å². The number of nitrogens with zero attached hydrogens (tertiary/aromatic N) is 1. The zero-order chi connectivity index (χ0) is 13.5. The minimum absolute atomic E-state index is 0.0869. The van der Waals surface area contributed by atoms with Crippen LogP contribution in [0.5, 0.6) is 0 Å². The normalized spacial score (nSPS) is 23.4. The highest BCUT2D eigenvalue weighted by Gasteiger charge is 2.42. The number of rotatable bonds is 2. The number of carbonyl (C=O) groups is 2. The quantitative estimate of drug-likeness (QED) is 0.906. The molecule has 1 atom stereocenters. The molecule has 1 aliphatic rings. The highest BCUT2D eigenvalue weighted by Crippen LogP contribution is 2.34. The summed E-state index contributed by atoms with van der Waals surface area (Å²) in [4.78, 5) is 26.1. The maximum atomic E-state index is 12.3. The molecule has 1 saturated heterocycles. The summed E-state index contributed by atoms with van der Waals surface area (Å²) in [6, 6.07) is 1.84. The van der Waals surface area contributed by atoms with Crippen molar-refractivity contribution >= 4 is 39.1 Å². The van der Waals surface area contributed by atoms with Gasteiger partial charge in [-0.1, -0.05) is 0 Å². The molecule has 0 aromatic carbocycles. The van der Waals surface area contributed by atoms with E-state index in [0.717, 1.165) is 8.66 Å². The minimum Gasteiger partial charge on any atom is -0.481 e. The summed E-state index contributed by atoms with van der Waals surface area (Å²) >= 11 is 4.89. The first kappa shape index (κ1) is 13.5. The second-order valence-electron chi connectivity index (χ2n) is 4.89. The third kappa shape index (κ3) is 2.31. The Morgan fingerprint density at radius 3 is 2.67 bits per heavy atom. The average molecular weight is 332 g/mol. The monoisotopic (exact) mass is 331 g/mol. The molecular weight excluding hydrogens is 318 g/mol. The minimum atomic E-state index is -0.835. The third-order valence-corrected chi connectivity index (χ3v) is 5.07. The Balaban J connectivity index is 2.18. The van der Waals surface area contributed by atoms with Crippen LogP contribution >= 0.6 is 27.3 Å². The number of carboxylic acid groups (broad SMARTS) is 1. The molecule has 98 valence electrons. The highest BCUT2D eigenvalue weighted by molar-refractivity contribution is 9.11. The van der Waals surface area contributed by atoms with Gasteiger partial charge in [-0.25, -0.2) is 0 Å². The first-order valence-electron chi connectivity index (χ1n) is 5.62. The van der Waals surface area contributed by atoms with Gasteiger partial charge in [-0.3, -0.25) is 9.59 Å². The fourth-order valence-corrected chi connectivity index (χ4v) is 3.88. The molecule has 6 heteroatoms. The zero-order valence-electron chi connectivity index (χ0n) is 10.2. The number of carboxylic acids is 1. The third-order valence-electron chi connectivity index (χ3n) is 3.32. The van der Waals surface area contributed by atoms with Crippen molar-refractivity contribution < 1.29 is 14.7 Å². The summed E-state index contributed by atoms with van der Waals surface area (Å²) in [6.07, 6.45) is 0.509. The van der Waals surface area contributed by atoms with E-state index in [0.29, 0.717) is 18.5 Å². The maximum absolute atomic E-state index is 12.3. The smallest absolute Gasteiger partial charge is 0.311 e. The fraction of sp³-hybridized carbons (Fsp3) is 0.500. The molecule has 0 spiro atoms. The van der Waals surface area contributed by atoms with Crippen LogP contribution in [0.4, 0.5) is 0 Å². The lowest BCUT2D eigenvalue weighted by molar-refractivity contribution is -0.147. The van der Waals surface area contributed by atoms with Gasteiger partial charge in [0.1, 0.15) is 0 Å². The largest absolute Gasteiger partial charge is 0.481 e. The van der Waals surface area contributed by atoms with Crippen LogP contribution in [0.2, 0.25) is 0 Å². The van der Waals surface area contributed by atoms with E-state index in [1.165, 1.54) is 11.3 Å². The molecule has 1 N–H and O–H groups in total. The molecule has 1 aliphatic heterocycles. The summed E-state index contributed by atoms with van der Waals surface area (Å²) in [6.45, 7) is 4.42. The van der Waals surface area contributed by atoms with Crippen molar-refractivity contribution in [1.82, 2.24) is 4.90 Å². The Bertz CT molecular complexity index is 513. The Labute approximate surface area is 118 Å². The molecule has 1 aromatic heterocycles. The number of aryl methyl sites for hydroxylation is 1. The van der Waals surface area contributed by atoms with E-state index in [1.807, 2.05) is 13.0 Å². The molecule has 2 heterocycles. The fourth-order valence-electron chi connectivity index (χ4n) is 2.11. The second-order valence-corrected chi connectivity index (χ2v) is 7.46. The number of hydrogen-bond donors (Lipinski definition) is 1. The predicted molar refractivity (Wildman–Crippen MR) is 73.0 cm³/mol. The van der Waals surface area contributed by atoms with Gasteiger partial charge < -0.3 is 10.0 Å². The maximum Gasteiger partial charge on any atom is 0.311 e. The molecular formula is C12H14BrNO3S. The van der Waals surface area contributed by atoms with Gasteiger partial charge in [-0.15, -0.1) is 11.3 Å². The molecule has 0 radical (unpaired) electrons. The van der Waals surface area contributed by atoms with Crippen molar-refractivity contribution in [3.8, 4) is 0 Å². The molecule has 1 aromatic rings. The predicted octanol–water partition coefficient (Wildman–Crippen LogP) is 2.76. The van der Waals surface area contributed by atoms with E-state index in [4.69, 9.17) is 5.11 Å². The number of hydrogen-bond acceptors (Lipinski definition) is 3. The van der Waals surface area contributed by atoms with Crippen molar-refractivity contribution in [2.45, 2.75) is 20.3 Å². The number of likely N-dealkylation sites (tertiary alicyclic amines) is 1. The molecule has 0 bridgehead atoms. The van der Waals surface area contributed by atoms with Crippen molar-refractivity contribution in [2.24, 2.45) is 5.41 Å². The number of carbonyl (C=O) groups excluding carboxylic acids is 1. The van der Waals surface area contributed by atoms with Gasteiger partial charge in [0, 0.05) is 18.0 Å². The van der Waals surface area contributed by atoms with E-state index in [1.54, 1.807) is 11.8 Å². The van der Waals surface area contributed by atoms with Crippen LogP contribution in [0.3, 0.4) is 0 Å². The van der Waals surface area contributed by atoms with Crippen molar-refractivity contribution in [3.63, 3.8) is 0 Å². The first-order valence-corrected chi connectivity index (χ1v) is 7.23. The molecule has 18 heavy (non-hydrogen) atoms. The molecule has 1 fully saturated rings.